The van der Waals surface area contributed by atoms with Crippen LogP contribution >= 0.6 is 0 Å². The van der Waals surface area contributed by atoms with E-state index in [4.69, 9.17) is 4.74 Å². The highest BCUT2D eigenvalue weighted by Crippen LogP contribution is 2.23. The van der Waals surface area contributed by atoms with Crippen LogP contribution in [0.4, 0.5) is 4.79 Å². The molecule has 128 valence electrons. The molecule has 7 heteroatoms. The third-order valence-electron chi connectivity index (χ3n) is 3.64. The first-order valence-corrected chi connectivity index (χ1v) is 8.03. The zero-order chi connectivity index (χ0) is 17.2. The van der Waals surface area contributed by atoms with E-state index in [9.17, 15) is 9.59 Å². The average molecular weight is 322 g/mol. The van der Waals surface area contributed by atoms with Crippen LogP contribution in [0.2, 0.25) is 0 Å². The molecule has 0 fully saturated rings. The lowest BCUT2D eigenvalue weighted by Crippen LogP contribution is -2.40. The van der Waals surface area contributed by atoms with Gasteiger partial charge in [0.25, 0.3) is 5.91 Å². The molecule has 0 spiro atoms. The fourth-order valence-corrected chi connectivity index (χ4v) is 2.58. The number of nitrogens with zero attached hydrogens (tertiary/aromatic N) is 3. The van der Waals surface area contributed by atoms with Crippen molar-refractivity contribution in [1.82, 2.24) is 20.0 Å². The van der Waals surface area contributed by atoms with Gasteiger partial charge in [-0.1, -0.05) is 6.92 Å². The molecular formula is C16H26N4O3. The van der Waals surface area contributed by atoms with Crippen LogP contribution in [0, 0.1) is 0 Å². The second kappa shape index (κ2) is 6.60. The van der Waals surface area contributed by atoms with Gasteiger partial charge in [-0.2, -0.15) is 5.10 Å². The van der Waals surface area contributed by atoms with Crippen molar-refractivity contribution in [3.63, 3.8) is 0 Å². The lowest BCUT2D eigenvalue weighted by atomic mass is 10.1. The maximum Gasteiger partial charge on any atom is 0.410 e. The smallest absolute Gasteiger partial charge is 0.410 e. The van der Waals surface area contributed by atoms with Crippen LogP contribution in [0.25, 0.3) is 0 Å². The normalized spacial score (nSPS) is 14.4. The highest BCUT2D eigenvalue weighted by atomic mass is 16.6. The fraction of sp³-hybridized carbons (Fsp3) is 0.688. The molecule has 0 unspecified atom stereocenters. The first-order valence-electron chi connectivity index (χ1n) is 8.03. The van der Waals surface area contributed by atoms with Crippen molar-refractivity contribution in [2.24, 2.45) is 7.05 Å². The molecule has 1 aliphatic rings. The molecule has 1 aromatic heterocycles. The molecule has 23 heavy (non-hydrogen) atoms. The Bertz CT molecular complexity index is 601. The number of ether oxygens (including phenoxy) is 1. The number of hydrogen-bond acceptors (Lipinski definition) is 4. The fourth-order valence-electron chi connectivity index (χ4n) is 2.58. The van der Waals surface area contributed by atoms with Crippen LogP contribution in [-0.4, -0.2) is 45.4 Å². The third-order valence-corrected chi connectivity index (χ3v) is 3.64. The summed E-state index contributed by atoms with van der Waals surface area (Å²) < 4.78 is 7.16. The highest BCUT2D eigenvalue weighted by Gasteiger charge is 2.31. The highest BCUT2D eigenvalue weighted by molar-refractivity contribution is 5.94. The molecule has 1 N–H and O–H groups in total. The Morgan fingerprint density at radius 1 is 1.35 bits per heavy atom. The molecule has 1 aliphatic heterocycles. The van der Waals surface area contributed by atoms with Crippen LogP contribution in [0.15, 0.2) is 0 Å². The van der Waals surface area contributed by atoms with Gasteiger partial charge in [0.15, 0.2) is 5.69 Å². The van der Waals surface area contributed by atoms with Gasteiger partial charge in [-0.05, 0) is 27.2 Å². The Morgan fingerprint density at radius 2 is 2.04 bits per heavy atom. The quantitative estimate of drug-likeness (QED) is 0.921. The zero-order valence-corrected chi connectivity index (χ0v) is 14.6. The molecule has 0 saturated carbocycles. The number of aryl methyl sites for hydroxylation is 1. The van der Waals surface area contributed by atoms with Crippen molar-refractivity contribution in [3.05, 3.63) is 17.0 Å². The number of carbonyl (C=O) groups is 2. The molecule has 0 saturated heterocycles. The van der Waals surface area contributed by atoms with Crippen LogP contribution in [-0.2, 0) is 24.8 Å². The summed E-state index contributed by atoms with van der Waals surface area (Å²) in [7, 11) is 1.83. The minimum Gasteiger partial charge on any atom is -0.444 e. The average Bonchev–Trinajstić information content (AvgIpc) is 2.80. The minimum atomic E-state index is -0.534. The first kappa shape index (κ1) is 17.3. The molecule has 0 aromatic carbocycles. The molecule has 1 aromatic rings. The van der Waals surface area contributed by atoms with Gasteiger partial charge in [0.2, 0.25) is 0 Å². The summed E-state index contributed by atoms with van der Waals surface area (Å²) in [5.41, 5.74) is 1.70. The van der Waals surface area contributed by atoms with Gasteiger partial charge in [0.1, 0.15) is 5.60 Å². The van der Waals surface area contributed by atoms with Crippen LogP contribution in [0.1, 0.15) is 55.9 Å². The first-order chi connectivity index (χ1) is 10.7. The summed E-state index contributed by atoms with van der Waals surface area (Å²) >= 11 is 0. The number of rotatable bonds is 3. The molecule has 2 rings (SSSR count). The molecule has 0 aliphatic carbocycles. The molecule has 0 bridgehead atoms. The van der Waals surface area contributed by atoms with Crippen molar-refractivity contribution >= 4 is 12.0 Å². The van der Waals surface area contributed by atoms with Crippen LogP contribution < -0.4 is 5.32 Å². The van der Waals surface area contributed by atoms with E-state index in [1.165, 1.54) is 0 Å². The number of aromatic nitrogens is 2. The van der Waals surface area contributed by atoms with Crippen molar-refractivity contribution in [3.8, 4) is 0 Å². The summed E-state index contributed by atoms with van der Waals surface area (Å²) in [6.07, 6.45) is 1.18. The second-order valence-corrected chi connectivity index (χ2v) is 6.81. The maximum absolute atomic E-state index is 12.3. The summed E-state index contributed by atoms with van der Waals surface area (Å²) in [5.74, 6) is -0.185. The number of fused-ring (bicyclic) bond motifs is 1. The van der Waals surface area contributed by atoms with Gasteiger partial charge in [0, 0.05) is 37.8 Å². The van der Waals surface area contributed by atoms with Crippen molar-refractivity contribution in [2.75, 3.05) is 13.1 Å². The molecular weight excluding hydrogens is 296 g/mol. The Balaban J connectivity index is 2.18. The largest absolute Gasteiger partial charge is 0.444 e. The molecule has 7 nitrogen and oxygen atoms in total. The van der Waals surface area contributed by atoms with Gasteiger partial charge in [0.05, 0.1) is 6.54 Å². The van der Waals surface area contributed by atoms with E-state index in [-0.39, 0.29) is 12.0 Å². The van der Waals surface area contributed by atoms with Crippen LogP contribution in [0.3, 0.4) is 0 Å². The Kier molecular flexibility index (Phi) is 4.97. The SMILES string of the molecule is CCCNC(=O)c1nn(C)c2c1CN(C(=O)OC(C)(C)C)CC2. The molecule has 2 amide bonds. The summed E-state index contributed by atoms with van der Waals surface area (Å²) in [6, 6.07) is 0. The van der Waals surface area contributed by atoms with E-state index < -0.39 is 5.60 Å². The molecule has 0 atom stereocenters. The van der Waals surface area contributed by atoms with E-state index in [1.807, 2.05) is 34.7 Å². The van der Waals surface area contributed by atoms with Crippen molar-refractivity contribution in [2.45, 2.75) is 52.7 Å². The number of carbonyl (C=O) groups excluding carboxylic acids is 2. The third kappa shape index (κ3) is 4.03. The van der Waals surface area contributed by atoms with E-state index in [0.717, 1.165) is 17.7 Å². The zero-order valence-electron chi connectivity index (χ0n) is 14.6. The van der Waals surface area contributed by atoms with E-state index in [2.05, 4.69) is 10.4 Å². The summed E-state index contributed by atoms with van der Waals surface area (Å²) in [5, 5.41) is 7.18. The Labute approximate surface area is 137 Å². The van der Waals surface area contributed by atoms with Crippen LogP contribution in [0.5, 0.6) is 0 Å². The van der Waals surface area contributed by atoms with E-state index >= 15 is 0 Å². The predicted molar refractivity (Wildman–Crippen MR) is 86.2 cm³/mol. The van der Waals surface area contributed by atoms with Crippen molar-refractivity contribution in [1.29, 1.82) is 0 Å². The van der Waals surface area contributed by atoms with Gasteiger partial charge < -0.3 is 15.0 Å². The standard InChI is InChI=1S/C16H26N4O3/c1-6-8-17-14(21)13-11-10-20(15(22)23-16(2,3)4)9-7-12(11)19(5)18-13/h6-10H2,1-5H3,(H,17,21). The lowest BCUT2D eigenvalue weighted by Gasteiger charge is -2.30. The second-order valence-electron chi connectivity index (χ2n) is 6.81. The number of hydrogen-bond donors (Lipinski definition) is 1. The minimum absolute atomic E-state index is 0.185. The predicted octanol–water partition coefficient (Wildman–Crippen LogP) is 1.85. The van der Waals surface area contributed by atoms with Crippen molar-refractivity contribution < 1.29 is 14.3 Å². The molecule has 2 heterocycles. The van der Waals surface area contributed by atoms with Gasteiger partial charge in [-0.15, -0.1) is 0 Å². The van der Waals surface area contributed by atoms with Gasteiger partial charge in [-0.25, -0.2) is 4.79 Å². The summed E-state index contributed by atoms with van der Waals surface area (Å²) in [4.78, 5) is 26.2. The Hall–Kier alpha value is -2.05. The van der Waals surface area contributed by atoms with Gasteiger partial charge >= 0.3 is 6.09 Å². The monoisotopic (exact) mass is 322 g/mol. The van der Waals surface area contributed by atoms with Gasteiger partial charge in [-0.3, -0.25) is 9.48 Å². The maximum atomic E-state index is 12.3. The Morgan fingerprint density at radius 3 is 2.65 bits per heavy atom. The van der Waals surface area contributed by atoms with E-state index in [1.54, 1.807) is 9.58 Å². The topological polar surface area (TPSA) is 76.5 Å². The number of nitrogens with one attached hydrogen (secondary N) is 1. The number of amides is 2. The lowest BCUT2D eigenvalue weighted by molar-refractivity contribution is 0.0221. The van der Waals surface area contributed by atoms with E-state index in [0.29, 0.717) is 31.7 Å². The summed E-state index contributed by atoms with van der Waals surface area (Å²) in [6.45, 7) is 9.05. The molecule has 0 radical (unpaired) electrons.